The molecular weight excluding hydrogens is 1040 g/mol. The molecule has 0 unspecified atom stereocenters. The van der Waals surface area contributed by atoms with Crippen LogP contribution in [0.1, 0.15) is 128 Å². The highest BCUT2D eigenvalue weighted by atomic mass is 79.9. The van der Waals surface area contributed by atoms with E-state index in [1.807, 2.05) is 24.5 Å². The number of rotatable bonds is 5. The number of likely N-dealkylation sites (tertiary alicyclic amines) is 1. The van der Waals surface area contributed by atoms with Gasteiger partial charge in [-0.05, 0) is 203 Å². The minimum atomic E-state index is 0.226. The Hall–Kier alpha value is -1.33. The summed E-state index contributed by atoms with van der Waals surface area (Å²) in [5.74, 6) is 3.50. The van der Waals surface area contributed by atoms with Crippen molar-refractivity contribution < 1.29 is 4.79 Å². The quantitative estimate of drug-likeness (QED) is 0.216. The van der Waals surface area contributed by atoms with Crippen LogP contribution < -0.4 is 5.32 Å². The average Bonchev–Trinajstić information content (AvgIpc) is 3.49. The number of nitrogens with one attached hydrogen (secondary N) is 1. The third-order valence-corrected chi connectivity index (χ3v) is 16.7. The molecule has 1 amide bonds. The van der Waals surface area contributed by atoms with Crippen molar-refractivity contribution in [3.63, 3.8) is 0 Å². The molecule has 2 aromatic heterocycles. The van der Waals surface area contributed by atoms with Crippen LogP contribution in [0.4, 0.5) is 0 Å². The van der Waals surface area contributed by atoms with Crippen molar-refractivity contribution in [2.45, 2.75) is 109 Å². The van der Waals surface area contributed by atoms with Crippen LogP contribution in [-0.4, -0.2) is 47.0 Å². The summed E-state index contributed by atoms with van der Waals surface area (Å²) in [7, 11) is 0. The van der Waals surface area contributed by atoms with Gasteiger partial charge in [-0.3, -0.25) is 14.8 Å². The van der Waals surface area contributed by atoms with Crippen molar-refractivity contribution in [2.75, 3.05) is 26.2 Å². The van der Waals surface area contributed by atoms with Crippen molar-refractivity contribution in [1.82, 2.24) is 20.2 Å². The maximum Gasteiger partial charge on any atom is 0.222 e. The summed E-state index contributed by atoms with van der Waals surface area (Å²) >= 11 is 27.7. The first-order valence-electron chi connectivity index (χ1n) is 21.8. The zero-order valence-electron chi connectivity index (χ0n) is 33.8. The molecule has 0 spiro atoms. The van der Waals surface area contributed by atoms with E-state index >= 15 is 0 Å². The largest absolute Gasteiger partial charge is 0.343 e. The van der Waals surface area contributed by atoms with Crippen molar-refractivity contribution in [2.24, 2.45) is 23.7 Å². The molecule has 5 nitrogen and oxygen atoms in total. The van der Waals surface area contributed by atoms with Crippen LogP contribution in [0.2, 0.25) is 10.0 Å². The van der Waals surface area contributed by atoms with Crippen LogP contribution >= 0.6 is 86.9 Å². The monoisotopic (exact) mass is 1090 g/mol. The molecule has 4 heterocycles. The predicted octanol–water partition coefficient (Wildman–Crippen LogP) is 13.8. The number of aromatic nitrogens is 2. The van der Waals surface area contributed by atoms with E-state index in [2.05, 4.69) is 105 Å². The minimum absolute atomic E-state index is 0.226. The zero-order chi connectivity index (χ0) is 41.2. The van der Waals surface area contributed by atoms with E-state index in [-0.39, 0.29) is 5.92 Å². The molecule has 4 aromatic rings. The summed E-state index contributed by atoms with van der Waals surface area (Å²) in [5.41, 5.74) is 10.6. The molecule has 59 heavy (non-hydrogen) atoms. The first-order valence-corrected chi connectivity index (χ1v) is 25.7. The van der Waals surface area contributed by atoms with E-state index < -0.39 is 0 Å². The third-order valence-electron chi connectivity index (χ3n) is 14.1. The fourth-order valence-corrected chi connectivity index (χ4v) is 13.9. The van der Waals surface area contributed by atoms with Crippen molar-refractivity contribution in [3.05, 3.63) is 121 Å². The topological polar surface area (TPSA) is 58.1 Å². The standard InChI is InChI=1S/C29H35Br2ClN2O.C19H19Br2ClN2/c1-2-18-3-5-19(6-4-18)13-26(35)34-11-9-20(10-12-34)28-27-21(15-24(32)16-25(27)31)7-8-22-14-23(30)17-33-29(22)28;20-14-7-13-2-1-12-8-15(22)9-16(21)17(12)18(19(13)24-10-14)11-3-5-23-6-4-11/h14-20,28H,2-13H2,1H3;7-11,18,23H,1-6H2/t18?,19?,28-;18-/m11/s1. The van der Waals surface area contributed by atoms with E-state index in [0.717, 1.165) is 105 Å². The molecule has 9 rings (SSSR count). The number of halogens is 6. The lowest BCUT2D eigenvalue weighted by Gasteiger charge is -2.38. The highest BCUT2D eigenvalue weighted by molar-refractivity contribution is 9.11. The lowest BCUT2D eigenvalue weighted by Crippen LogP contribution is -2.41. The van der Waals surface area contributed by atoms with E-state index in [1.165, 1.54) is 89.7 Å². The summed E-state index contributed by atoms with van der Waals surface area (Å²) in [5, 5.41) is 5.08. The Bertz CT molecular complexity index is 2150. The SMILES string of the molecule is CCC1CCC(CC(=O)N2CCC([C@H]3c4ncc(Br)cc4CCc4cc(Cl)cc(Br)c43)CC2)CC1.Clc1cc(Br)c2c(c1)CCc1cc(Br)cnc1[C@@H]2C1CCNCC1. The molecule has 0 radical (unpaired) electrons. The van der Waals surface area contributed by atoms with Gasteiger partial charge in [0.1, 0.15) is 0 Å². The lowest BCUT2D eigenvalue weighted by atomic mass is 9.76. The fourth-order valence-electron chi connectivity index (χ4n) is 10.9. The number of benzene rings is 2. The average molecular weight is 1090 g/mol. The first-order chi connectivity index (χ1) is 28.6. The summed E-state index contributed by atoms with van der Waals surface area (Å²) in [6, 6.07) is 12.8. The molecule has 3 fully saturated rings. The highest BCUT2D eigenvalue weighted by Gasteiger charge is 2.37. The van der Waals surface area contributed by atoms with Crippen LogP contribution in [0, 0.1) is 23.7 Å². The van der Waals surface area contributed by atoms with Gasteiger partial charge in [0.15, 0.2) is 0 Å². The van der Waals surface area contributed by atoms with E-state index in [9.17, 15) is 4.79 Å². The predicted molar refractivity (Wildman–Crippen MR) is 256 cm³/mol. The van der Waals surface area contributed by atoms with Gasteiger partial charge in [0.25, 0.3) is 0 Å². The number of amides is 1. The molecule has 11 heteroatoms. The number of hydrogen-bond donors (Lipinski definition) is 1. The highest BCUT2D eigenvalue weighted by Crippen LogP contribution is 2.48. The second kappa shape index (κ2) is 20.0. The van der Waals surface area contributed by atoms with Crippen LogP contribution in [0.15, 0.2) is 66.7 Å². The van der Waals surface area contributed by atoms with Crippen LogP contribution in [0.25, 0.3) is 0 Å². The number of fused-ring (bicyclic) bond motifs is 4. The molecule has 1 saturated carbocycles. The Balaban J connectivity index is 0.000000176. The third kappa shape index (κ3) is 10.2. The molecule has 1 N–H and O–H groups in total. The van der Waals surface area contributed by atoms with Crippen molar-refractivity contribution in [3.8, 4) is 0 Å². The second-order valence-corrected chi connectivity index (χ2v) is 22.0. The molecule has 3 aliphatic carbocycles. The molecule has 2 aromatic carbocycles. The summed E-state index contributed by atoms with van der Waals surface area (Å²) in [6.07, 6.45) is 19.4. The Kier molecular flexibility index (Phi) is 15.0. The molecule has 0 bridgehead atoms. The van der Waals surface area contributed by atoms with Gasteiger partial charge in [-0.2, -0.15) is 0 Å². The normalized spacial score (nSPS) is 23.4. The number of aryl methyl sites for hydroxylation is 4. The van der Waals surface area contributed by atoms with Gasteiger partial charge in [0.05, 0.1) is 11.4 Å². The molecule has 5 aliphatic rings. The second-order valence-electron chi connectivity index (χ2n) is 17.6. The molecule has 2 aliphatic heterocycles. The van der Waals surface area contributed by atoms with Gasteiger partial charge in [0, 0.05) is 71.7 Å². The molecule has 314 valence electrons. The number of piperidine rings is 2. The van der Waals surface area contributed by atoms with E-state index in [0.29, 0.717) is 29.6 Å². The molecule has 2 saturated heterocycles. The number of carbonyl (C=O) groups is 1. The molecular formula is C48H54Br4Cl2N4O. The van der Waals surface area contributed by atoms with Gasteiger partial charge in [-0.25, -0.2) is 0 Å². The van der Waals surface area contributed by atoms with Crippen LogP contribution in [-0.2, 0) is 30.5 Å². The van der Waals surface area contributed by atoms with Crippen LogP contribution in [0.5, 0.6) is 0 Å². The van der Waals surface area contributed by atoms with Gasteiger partial charge < -0.3 is 10.2 Å². The van der Waals surface area contributed by atoms with Gasteiger partial charge in [-0.15, -0.1) is 0 Å². The Labute approximate surface area is 394 Å². The summed E-state index contributed by atoms with van der Waals surface area (Å²) < 4.78 is 4.31. The maximum atomic E-state index is 13.2. The molecule has 2 atom stereocenters. The Morgan fingerprint density at radius 1 is 0.644 bits per heavy atom. The fraction of sp³-hybridized carbons (Fsp3) is 0.521. The number of pyridine rings is 2. The number of nitrogens with zero attached hydrogens (tertiary/aromatic N) is 3. The smallest absolute Gasteiger partial charge is 0.222 e. The minimum Gasteiger partial charge on any atom is -0.343 e. The number of hydrogen-bond acceptors (Lipinski definition) is 4. The maximum absolute atomic E-state index is 13.2. The Morgan fingerprint density at radius 3 is 1.59 bits per heavy atom. The van der Waals surface area contributed by atoms with Crippen molar-refractivity contribution >= 4 is 92.8 Å². The van der Waals surface area contributed by atoms with E-state index in [4.69, 9.17) is 33.2 Å². The summed E-state index contributed by atoms with van der Waals surface area (Å²) in [6.45, 7) is 6.20. The summed E-state index contributed by atoms with van der Waals surface area (Å²) in [4.78, 5) is 25.2. The van der Waals surface area contributed by atoms with Gasteiger partial charge >= 0.3 is 0 Å². The Morgan fingerprint density at radius 2 is 1.10 bits per heavy atom. The van der Waals surface area contributed by atoms with Gasteiger partial charge in [0.2, 0.25) is 5.91 Å². The first kappa shape index (κ1) is 44.3. The van der Waals surface area contributed by atoms with Crippen molar-refractivity contribution in [1.29, 1.82) is 0 Å². The van der Waals surface area contributed by atoms with Gasteiger partial charge in [-0.1, -0.05) is 81.2 Å². The van der Waals surface area contributed by atoms with Crippen LogP contribution in [0.3, 0.4) is 0 Å². The number of carbonyl (C=O) groups excluding carboxylic acids is 1. The van der Waals surface area contributed by atoms with E-state index in [1.54, 1.807) is 0 Å². The zero-order valence-corrected chi connectivity index (χ0v) is 41.7. The lowest BCUT2D eigenvalue weighted by molar-refractivity contribution is -0.134.